The maximum Gasteiger partial charge on any atom is 0.255 e. The summed E-state index contributed by atoms with van der Waals surface area (Å²) in [5.41, 5.74) is 0.983. The number of nitrogens with one attached hydrogen (secondary N) is 1. The van der Waals surface area contributed by atoms with Crippen molar-refractivity contribution in [2.75, 3.05) is 37.2 Å². The SMILES string of the molecule is CCS(=O)(=O)N1CCC[C@@H](C(=O)Nc2ccccc2C(=O)N2CCCC2)C1. The summed E-state index contributed by atoms with van der Waals surface area (Å²) in [6.45, 7) is 3.76. The molecule has 27 heavy (non-hydrogen) atoms. The maximum absolute atomic E-state index is 12.8. The van der Waals surface area contributed by atoms with Crippen molar-refractivity contribution in [2.45, 2.75) is 32.6 Å². The lowest BCUT2D eigenvalue weighted by Gasteiger charge is -2.31. The highest BCUT2D eigenvalue weighted by Crippen LogP contribution is 2.24. The van der Waals surface area contributed by atoms with Gasteiger partial charge in [-0.1, -0.05) is 12.1 Å². The van der Waals surface area contributed by atoms with E-state index >= 15 is 0 Å². The number of benzene rings is 1. The molecule has 2 saturated heterocycles. The predicted molar refractivity (Wildman–Crippen MR) is 104 cm³/mol. The molecule has 0 saturated carbocycles. The second-order valence-corrected chi connectivity index (χ2v) is 9.39. The highest BCUT2D eigenvalue weighted by atomic mass is 32.2. The van der Waals surface area contributed by atoms with Crippen LogP contribution in [0.15, 0.2) is 24.3 Å². The fourth-order valence-electron chi connectivity index (χ4n) is 3.70. The van der Waals surface area contributed by atoms with Gasteiger partial charge in [-0.25, -0.2) is 12.7 Å². The van der Waals surface area contributed by atoms with Crippen molar-refractivity contribution in [1.82, 2.24) is 9.21 Å². The van der Waals surface area contributed by atoms with Crippen LogP contribution in [-0.4, -0.2) is 61.4 Å². The zero-order valence-electron chi connectivity index (χ0n) is 15.7. The molecule has 1 N–H and O–H groups in total. The Morgan fingerprint density at radius 1 is 1.11 bits per heavy atom. The lowest BCUT2D eigenvalue weighted by molar-refractivity contribution is -0.120. The summed E-state index contributed by atoms with van der Waals surface area (Å²) >= 11 is 0. The molecule has 3 rings (SSSR count). The minimum Gasteiger partial charge on any atom is -0.339 e. The highest BCUT2D eigenvalue weighted by molar-refractivity contribution is 7.89. The van der Waals surface area contributed by atoms with Crippen LogP contribution in [0.5, 0.6) is 0 Å². The Kier molecular flexibility index (Phi) is 6.16. The average Bonchev–Trinajstić information content (AvgIpc) is 3.23. The molecule has 0 spiro atoms. The van der Waals surface area contributed by atoms with Crippen LogP contribution < -0.4 is 5.32 Å². The molecule has 2 aliphatic rings. The monoisotopic (exact) mass is 393 g/mol. The molecule has 1 aromatic rings. The zero-order valence-corrected chi connectivity index (χ0v) is 16.5. The third-order valence-electron chi connectivity index (χ3n) is 5.32. The van der Waals surface area contributed by atoms with Crippen molar-refractivity contribution in [1.29, 1.82) is 0 Å². The summed E-state index contributed by atoms with van der Waals surface area (Å²) < 4.78 is 25.6. The van der Waals surface area contributed by atoms with E-state index in [0.29, 0.717) is 30.6 Å². The molecule has 1 atom stereocenters. The van der Waals surface area contributed by atoms with Crippen LogP contribution in [0.3, 0.4) is 0 Å². The van der Waals surface area contributed by atoms with Gasteiger partial charge in [0.25, 0.3) is 5.91 Å². The van der Waals surface area contributed by atoms with E-state index < -0.39 is 15.9 Å². The van der Waals surface area contributed by atoms with E-state index in [0.717, 1.165) is 25.9 Å². The second-order valence-electron chi connectivity index (χ2n) is 7.13. The highest BCUT2D eigenvalue weighted by Gasteiger charge is 2.32. The van der Waals surface area contributed by atoms with Gasteiger partial charge in [0.15, 0.2) is 0 Å². The molecular weight excluding hydrogens is 366 g/mol. The summed E-state index contributed by atoms with van der Waals surface area (Å²) in [5, 5.41) is 2.87. The molecule has 2 fully saturated rings. The van der Waals surface area contributed by atoms with Gasteiger partial charge in [-0.2, -0.15) is 0 Å². The molecule has 0 aliphatic carbocycles. The number of sulfonamides is 1. The van der Waals surface area contributed by atoms with E-state index in [1.807, 2.05) is 0 Å². The van der Waals surface area contributed by atoms with E-state index in [2.05, 4.69) is 5.32 Å². The third kappa shape index (κ3) is 4.50. The minimum absolute atomic E-state index is 0.0362. The molecular formula is C19H27N3O4S. The van der Waals surface area contributed by atoms with Crippen molar-refractivity contribution in [3.8, 4) is 0 Å². The van der Waals surface area contributed by atoms with Crippen LogP contribution >= 0.6 is 0 Å². The van der Waals surface area contributed by atoms with Crippen LogP contribution in [0.4, 0.5) is 5.69 Å². The standard InChI is InChI=1S/C19H27N3O4S/c1-2-27(25,26)22-13-7-8-15(14-22)18(23)20-17-10-4-3-9-16(17)19(24)21-11-5-6-12-21/h3-4,9-10,15H,2,5-8,11-14H2,1H3,(H,20,23)/t15-/m1/s1. The first-order valence-electron chi connectivity index (χ1n) is 9.59. The molecule has 148 valence electrons. The number of rotatable bonds is 5. The van der Waals surface area contributed by atoms with Gasteiger partial charge < -0.3 is 10.2 Å². The summed E-state index contributed by atoms with van der Waals surface area (Å²) in [7, 11) is -3.30. The molecule has 8 heteroatoms. The number of nitrogens with zero attached hydrogens (tertiary/aromatic N) is 2. The summed E-state index contributed by atoms with van der Waals surface area (Å²) in [6, 6.07) is 7.02. The molecule has 1 aromatic carbocycles. The predicted octanol–water partition coefficient (Wildman–Crippen LogP) is 1.92. The molecule has 0 radical (unpaired) electrons. The van der Waals surface area contributed by atoms with E-state index in [4.69, 9.17) is 0 Å². The van der Waals surface area contributed by atoms with Gasteiger partial charge in [-0.3, -0.25) is 9.59 Å². The van der Waals surface area contributed by atoms with Gasteiger partial charge in [0.2, 0.25) is 15.9 Å². The van der Waals surface area contributed by atoms with Gasteiger partial charge in [0.05, 0.1) is 22.9 Å². The Hall–Kier alpha value is -1.93. The van der Waals surface area contributed by atoms with Crippen molar-refractivity contribution >= 4 is 27.5 Å². The number of amides is 2. The molecule has 0 bridgehead atoms. The maximum atomic E-state index is 12.8. The Labute approximate surface area is 160 Å². The Morgan fingerprint density at radius 2 is 1.81 bits per heavy atom. The van der Waals surface area contributed by atoms with Gasteiger partial charge in [0.1, 0.15) is 0 Å². The summed E-state index contributed by atoms with van der Waals surface area (Å²) in [6.07, 6.45) is 3.31. The summed E-state index contributed by atoms with van der Waals surface area (Å²) in [4.78, 5) is 27.3. The van der Waals surface area contributed by atoms with Crippen molar-refractivity contribution in [3.05, 3.63) is 29.8 Å². The zero-order chi connectivity index (χ0) is 19.4. The number of hydrogen-bond acceptors (Lipinski definition) is 4. The molecule has 7 nitrogen and oxygen atoms in total. The number of para-hydroxylation sites is 1. The van der Waals surface area contributed by atoms with Crippen LogP contribution in [0.1, 0.15) is 43.0 Å². The smallest absolute Gasteiger partial charge is 0.255 e. The first-order chi connectivity index (χ1) is 12.9. The number of likely N-dealkylation sites (tertiary alicyclic amines) is 1. The van der Waals surface area contributed by atoms with Crippen LogP contribution in [0.25, 0.3) is 0 Å². The van der Waals surface area contributed by atoms with Crippen LogP contribution in [0, 0.1) is 5.92 Å². The molecule has 2 aliphatic heterocycles. The largest absolute Gasteiger partial charge is 0.339 e. The fraction of sp³-hybridized carbons (Fsp3) is 0.579. The Balaban J connectivity index is 1.72. The average molecular weight is 394 g/mol. The lowest BCUT2D eigenvalue weighted by Crippen LogP contribution is -2.44. The van der Waals surface area contributed by atoms with E-state index in [-0.39, 0.29) is 24.1 Å². The first kappa shape index (κ1) is 19.8. The van der Waals surface area contributed by atoms with Crippen LogP contribution in [-0.2, 0) is 14.8 Å². The number of hydrogen-bond donors (Lipinski definition) is 1. The van der Waals surface area contributed by atoms with Gasteiger partial charge in [-0.15, -0.1) is 0 Å². The Morgan fingerprint density at radius 3 is 2.52 bits per heavy atom. The normalized spacial score (nSPS) is 21.2. The van der Waals surface area contributed by atoms with Crippen molar-refractivity contribution in [3.63, 3.8) is 0 Å². The number of piperidine rings is 1. The topological polar surface area (TPSA) is 86.8 Å². The van der Waals surface area contributed by atoms with Gasteiger partial charge in [-0.05, 0) is 44.7 Å². The minimum atomic E-state index is -3.30. The fourth-order valence-corrected chi connectivity index (χ4v) is 4.88. The van der Waals surface area contributed by atoms with Gasteiger partial charge >= 0.3 is 0 Å². The molecule has 2 heterocycles. The van der Waals surface area contributed by atoms with E-state index in [1.54, 1.807) is 36.1 Å². The van der Waals surface area contributed by atoms with E-state index in [9.17, 15) is 18.0 Å². The quantitative estimate of drug-likeness (QED) is 0.828. The molecule has 0 aromatic heterocycles. The van der Waals surface area contributed by atoms with Crippen molar-refractivity contribution < 1.29 is 18.0 Å². The number of carbonyl (C=O) groups excluding carboxylic acids is 2. The van der Waals surface area contributed by atoms with Crippen LogP contribution in [0.2, 0.25) is 0 Å². The number of carbonyl (C=O) groups is 2. The Bertz CT molecular complexity index is 803. The lowest BCUT2D eigenvalue weighted by atomic mass is 9.98. The molecule has 0 unspecified atom stereocenters. The molecule has 2 amide bonds. The first-order valence-corrected chi connectivity index (χ1v) is 11.2. The van der Waals surface area contributed by atoms with E-state index in [1.165, 1.54) is 4.31 Å². The second kappa shape index (κ2) is 8.39. The summed E-state index contributed by atoms with van der Waals surface area (Å²) in [5.74, 6) is -0.668. The number of anilines is 1. The van der Waals surface area contributed by atoms with Crippen molar-refractivity contribution in [2.24, 2.45) is 5.92 Å². The third-order valence-corrected chi connectivity index (χ3v) is 7.17. The van der Waals surface area contributed by atoms with Gasteiger partial charge in [0, 0.05) is 26.2 Å².